The highest BCUT2D eigenvalue weighted by atomic mass is 19.4. The number of alkyl halides is 3. The van der Waals surface area contributed by atoms with Crippen LogP contribution in [-0.4, -0.2) is 103 Å². The lowest BCUT2D eigenvalue weighted by Crippen LogP contribution is -2.43. The summed E-state index contributed by atoms with van der Waals surface area (Å²) >= 11 is 0. The van der Waals surface area contributed by atoms with Crippen LogP contribution in [0.2, 0.25) is 0 Å². The van der Waals surface area contributed by atoms with Gasteiger partial charge in [-0.15, -0.1) is 0 Å². The van der Waals surface area contributed by atoms with Crippen molar-refractivity contribution in [2.45, 2.75) is 95.5 Å². The molecular formula is C44H59F3N6O4. The molecule has 3 heterocycles. The largest absolute Gasteiger partial charge is 0.494 e. The second-order valence-corrected chi connectivity index (χ2v) is 17.0. The summed E-state index contributed by atoms with van der Waals surface area (Å²) in [6.07, 6.45) is 6.79. The van der Waals surface area contributed by atoms with Gasteiger partial charge in [-0.1, -0.05) is 25.1 Å². The zero-order chi connectivity index (χ0) is 40.0. The van der Waals surface area contributed by atoms with Gasteiger partial charge in [-0.2, -0.15) is 13.2 Å². The van der Waals surface area contributed by atoms with Crippen LogP contribution in [0, 0.1) is 17.3 Å². The highest BCUT2D eigenvalue weighted by Crippen LogP contribution is 2.61. The van der Waals surface area contributed by atoms with Crippen molar-refractivity contribution in [2.75, 3.05) is 64.9 Å². The van der Waals surface area contributed by atoms with Gasteiger partial charge >= 0.3 is 6.18 Å². The number of rotatable bonds is 10. The first kappa shape index (κ1) is 41.4. The number of anilines is 1. The summed E-state index contributed by atoms with van der Waals surface area (Å²) < 4.78 is 48.5. The molecule has 0 spiro atoms. The van der Waals surface area contributed by atoms with Gasteiger partial charge in [0.25, 0.3) is 5.91 Å². The molecule has 3 aromatic rings. The van der Waals surface area contributed by atoms with E-state index < -0.39 is 11.9 Å². The molecule has 8 rings (SSSR count). The van der Waals surface area contributed by atoms with Crippen molar-refractivity contribution in [1.82, 2.24) is 25.1 Å². The first-order chi connectivity index (χ1) is 27.5. The molecule has 10 nitrogen and oxygen atoms in total. The minimum absolute atomic E-state index is 0.00142. The van der Waals surface area contributed by atoms with Gasteiger partial charge in [0, 0.05) is 51.4 Å². The van der Waals surface area contributed by atoms with Crippen LogP contribution in [0.3, 0.4) is 0 Å². The van der Waals surface area contributed by atoms with Gasteiger partial charge in [0.15, 0.2) is 5.69 Å². The van der Waals surface area contributed by atoms with E-state index in [9.17, 15) is 23.1 Å². The van der Waals surface area contributed by atoms with Crippen molar-refractivity contribution < 1.29 is 32.5 Å². The van der Waals surface area contributed by atoms with Crippen LogP contribution in [0.15, 0.2) is 54.9 Å². The van der Waals surface area contributed by atoms with E-state index in [1.54, 1.807) is 0 Å². The molecule has 2 aromatic carbocycles. The van der Waals surface area contributed by atoms with E-state index in [1.165, 1.54) is 42.1 Å². The molecule has 0 bridgehead atoms. The maximum atomic E-state index is 12.6. The molecule has 2 aliphatic heterocycles. The number of aromatic nitrogens is 2. The van der Waals surface area contributed by atoms with E-state index in [-0.39, 0.29) is 29.3 Å². The number of aliphatic hydroxyl groups excluding tert-OH is 1. The molecule has 1 amide bonds. The topological polar surface area (TPSA) is 112 Å². The van der Waals surface area contributed by atoms with Crippen LogP contribution in [-0.2, 0) is 23.9 Å². The Morgan fingerprint density at radius 3 is 2.60 bits per heavy atom. The van der Waals surface area contributed by atoms with Crippen LogP contribution in [0.5, 0.6) is 5.75 Å². The van der Waals surface area contributed by atoms with Crippen molar-refractivity contribution in [3.8, 4) is 5.75 Å². The molecule has 310 valence electrons. The number of aryl methyl sites for hydroxylation is 1. The van der Waals surface area contributed by atoms with Gasteiger partial charge in [-0.05, 0) is 129 Å². The van der Waals surface area contributed by atoms with Crippen molar-refractivity contribution in [1.29, 1.82) is 0 Å². The second kappa shape index (κ2) is 18.4. The monoisotopic (exact) mass is 792 g/mol. The lowest BCUT2D eigenvalue weighted by Gasteiger charge is -2.50. The van der Waals surface area contributed by atoms with Gasteiger partial charge in [0.1, 0.15) is 11.6 Å². The maximum absolute atomic E-state index is 12.6. The molecule has 3 N–H and O–H groups in total. The van der Waals surface area contributed by atoms with E-state index in [0.717, 1.165) is 77.0 Å². The van der Waals surface area contributed by atoms with Crippen LogP contribution in [0.25, 0.3) is 0 Å². The van der Waals surface area contributed by atoms with Gasteiger partial charge in [0.05, 0.1) is 37.8 Å². The molecule has 0 radical (unpaired) electrons. The molecule has 1 aromatic heterocycles. The Kier molecular flexibility index (Phi) is 13.4. The second-order valence-electron chi connectivity index (χ2n) is 17.0. The average Bonchev–Trinajstić information content (AvgIpc) is 3.52. The van der Waals surface area contributed by atoms with Gasteiger partial charge in [-0.25, -0.2) is 4.98 Å². The number of benzene rings is 2. The van der Waals surface area contributed by atoms with Gasteiger partial charge in [0.2, 0.25) is 0 Å². The number of amides is 1. The number of piperazine rings is 1. The summed E-state index contributed by atoms with van der Waals surface area (Å²) in [7, 11) is 2.17. The molecule has 13 heteroatoms. The highest BCUT2D eigenvalue weighted by molar-refractivity contribution is 5.94. The lowest BCUT2D eigenvalue weighted by molar-refractivity contribution is -0.141. The summed E-state index contributed by atoms with van der Waals surface area (Å²) in [4.78, 5) is 24.5. The number of nitrogens with one attached hydrogen (secondary N) is 2. The number of carbonyl (C=O) groups excluding carboxylic acids is 1. The molecule has 57 heavy (non-hydrogen) atoms. The van der Waals surface area contributed by atoms with E-state index >= 15 is 0 Å². The van der Waals surface area contributed by atoms with E-state index in [2.05, 4.69) is 74.7 Å². The first-order valence-electron chi connectivity index (χ1n) is 20.9. The predicted octanol–water partition coefficient (Wildman–Crippen LogP) is 6.94. The Morgan fingerprint density at radius 2 is 1.84 bits per heavy atom. The number of carbonyl (C=O) groups is 1. The Morgan fingerprint density at radius 1 is 1.04 bits per heavy atom. The van der Waals surface area contributed by atoms with Crippen molar-refractivity contribution in [3.63, 3.8) is 0 Å². The van der Waals surface area contributed by atoms with Crippen LogP contribution in [0.4, 0.5) is 19.0 Å². The number of ether oxygens (including phenoxy) is 2. The molecule has 2 saturated carbocycles. The Bertz CT molecular complexity index is 1780. The SMILES string of the molecule is CN1CCN(Cc2ccc(C(=O)NCCCOc3ccc4c(c3)CCC3C4CCC4(C)C(O)CCC34)cc2)CC1.FC(F)(F)c1cncc(NC2CCCOC2)n1. The third-order valence-electron chi connectivity index (χ3n) is 13.2. The number of aliphatic hydroxyl groups is 1. The predicted molar refractivity (Wildman–Crippen MR) is 213 cm³/mol. The van der Waals surface area contributed by atoms with E-state index in [4.69, 9.17) is 9.47 Å². The number of hydrogen-bond donors (Lipinski definition) is 3. The number of fused-ring (bicyclic) bond motifs is 5. The fourth-order valence-corrected chi connectivity index (χ4v) is 9.85. The third kappa shape index (κ3) is 10.3. The number of likely N-dealkylation sites (N-methyl/N-ethyl adjacent to an activating group) is 1. The Balaban J connectivity index is 0.000000244. The third-order valence-corrected chi connectivity index (χ3v) is 13.2. The molecule has 6 unspecified atom stereocenters. The number of hydrogen-bond acceptors (Lipinski definition) is 9. The minimum Gasteiger partial charge on any atom is -0.494 e. The minimum atomic E-state index is -4.46. The molecular weight excluding hydrogens is 734 g/mol. The Hall–Kier alpha value is -3.78. The molecule has 4 fully saturated rings. The average molecular weight is 793 g/mol. The van der Waals surface area contributed by atoms with Crippen molar-refractivity contribution in [3.05, 3.63) is 82.8 Å². The lowest BCUT2D eigenvalue weighted by atomic mass is 9.55. The van der Waals surface area contributed by atoms with Crippen LogP contribution >= 0.6 is 0 Å². The molecule has 3 aliphatic carbocycles. The smallest absolute Gasteiger partial charge is 0.434 e. The summed E-state index contributed by atoms with van der Waals surface area (Å²) in [6, 6.07) is 14.8. The van der Waals surface area contributed by atoms with Gasteiger partial charge in [-0.3, -0.25) is 14.7 Å². The molecule has 2 saturated heterocycles. The summed E-state index contributed by atoms with van der Waals surface area (Å²) in [5.41, 5.74) is 4.09. The van der Waals surface area contributed by atoms with Crippen LogP contribution in [0.1, 0.15) is 97.0 Å². The molecule has 5 aliphatic rings. The first-order valence-corrected chi connectivity index (χ1v) is 20.9. The van der Waals surface area contributed by atoms with E-state index in [1.807, 2.05) is 12.1 Å². The zero-order valence-electron chi connectivity index (χ0n) is 33.4. The highest BCUT2D eigenvalue weighted by Gasteiger charge is 2.54. The summed E-state index contributed by atoms with van der Waals surface area (Å²) in [6.45, 7) is 10.1. The Labute approximate surface area is 334 Å². The number of halogens is 3. The van der Waals surface area contributed by atoms with Crippen molar-refractivity contribution in [2.24, 2.45) is 17.3 Å². The van der Waals surface area contributed by atoms with Gasteiger partial charge < -0.3 is 30.1 Å². The summed E-state index contributed by atoms with van der Waals surface area (Å²) in [5, 5.41) is 16.6. The fraction of sp³-hybridized carbons (Fsp3) is 0.614. The summed E-state index contributed by atoms with van der Waals surface area (Å²) in [5.74, 6) is 3.07. The van der Waals surface area contributed by atoms with E-state index in [0.29, 0.717) is 55.9 Å². The van der Waals surface area contributed by atoms with Crippen LogP contribution < -0.4 is 15.4 Å². The fourth-order valence-electron chi connectivity index (χ4n) is 9.85. The standard InChI is InChI=1S/C34H47N3O3.C10H12F3N3O/c1-34-15-14-29-28-11-9-27(22-26(28)8-10-30(29)31(34)12-13-32(34)38)40-21-3-16-35-33(39)25-6-4-24(5-7-25)23-37-19-17-36(2)18-20-37;11-10(12,13)8-4-14-5-9(16-8)15-7-2-1-3-17-6-7/h4-7,9,11,22,29-32,38H,3,8,10,12-21,23H2,1-2H3,(H,35,39);4-5,7H,1-3,6H2,(H,15,16). The normalized spacial score (nSPS) is 27.6. The van der Waals surface area contributed by atoms with Crippen molar-refractivity contribution >= 4 is 11.7 Å². The number of nitrogens with zero attached hydrogens (tertiary/aromatic N) is 4. The zero-order valence-corrected chi connectivity index (χ0v) is 33.4. The maximum Gasteiger partial charge on any atom is 0.434 e. The molecule has 6 atom stereocenters. The quantitative estimate of drug-likeness (QED) is 0.188.